The number of ether oxygens (including phenoxy) is 3. The van der Waals surface area contributed by atoms with Gasteiger partial charge in [-0.3, -0.25) is 9.69 Å². The lowest BCUT2D eigenvalue weighted by molar-refractivity contribution is 0.0595. The van der Waals surface area contributed by atoms with E-state index in [9.17, 15) is 4.79 Å². The second-order valence-corrected chi connectivity index (χ2v) is 6.49. The van der Waals surface area contributed by atoms with E-state index < -0.39 is 0 Å². The largest absolute Gasteiger partial charge is 0.493 e. The third kappa shape index (κ3) is 3.88. The van der Waals surface area contributed by atoms with Gasteiger partial charge in [-0.25, -0.2) is 0 Å². The van der Waals surface area contributed by atoms with Crippen LogP contribution in [0.2, 0.25) is 0 Å². The van der Waals surface area contributed by atoms with Gasteiger partial charge in [-0.1, -0.05) is 6.07 Å². The number of hydrogen-bond donors (Lipinski definition) is 0. The summed E-state index contributed by atoms with van der Waals surface area (Å²) in [6, 6.07) is 5.69. The molecule has 0 radical (unpaired) electrons. The number of aryl methyl sites for hydroxylation is 1. The Morgan fingerprint density at radius 1 is 1.00 bits per heavy atom. The summed E-state index contributed by atoms with van der Waals surface area (Å²) in [6.45, 7) is 5.48. The molecular formula is C20H26N2O5. The predicted molar refractivity (Wildman–Crippen MR) is 101 cm³/mol. The lowest BCUT2D eigenvalue weighted by atomic mass is 10.1. The van der Waals surface area contributed by atoms with E-state index in [2.05, 4.69) is 4.90 Å². The highest BCUT2D eigenvalue weighted by molar-refractivity contribution is 5.92. The fourth-order valence-electron chi connectivity index (χ4n) is 3.37. The standard InChI is InChI=1S/C20H26N2O5/c1-14-7-12-27-17(14)20(23)22-10-8-21(9-11-22)13-15-5-6-16(24-2)19(26-4)18(15)25-3/h5-7,12H,8-11,13H2,1-4H3. The SMILES string of the molecule is COc1ccc(CN2CCN(C(=O)c3occc3C)CC2)c(OC)c1OC. The van der Waals surface area contributed by atoms with Gasteiger partial charge in [0, 0.05) is 43.9 Å². The van der Waals surface area contributed by atoms with E-state index in [4.69, 9.17) is 18.6 Å². The van der Waals surface area contributed by atoms with Crippen LogP contribution in [0.5, 0.6) is 17.2 Å². The molecule has 146 valence electrons. The van der Waals surface area contributed by atoms with Crippen LogP contribution in [0.4, 0.5) is 0 Å². The van der Waals surface area contributed by atoms with E-state index in [1.165, 1.54) is 0 Å². The molecule has 2 aromatic rings. The molecule has 0 atom stereocenters. The zero-order chi connectivity index (χ0) is 19.4. The van der Waals surface area contributed by atoms with Gasteiger partial charge in [-0.2, -0.15) is 0 Å². The van der Waals surface area contributed by atoms with Crippen LogP contribution >= 0.6 is 0 Å². The number of amides is 1. The van der Waals surface area contributed by atoms with Crippen molar-refractivity contribution in [2.24, 2.45) is 0 Å². The van der Waals surface area contributed by atoms with Gasteiger partial charge in [0.25, 0.3) is 5.91 Å². The Kier molecular flexibility index (Phi) is 5.91. The van der Waals surface area contributed by atoms with Crippen LogP contribution in [-0.2, 0) is 6.54 Å². The fraction of sp³-hybridized carbons (Fsp3) is 0.450. The van der Waals surface area contributed by atoms with Crippen molar-refractivity contribution < 1.29 is 23.4 Å². The monoisotopic (exact) mass is 374 g/mol. The number of carbonyl (C=O) groups excluding carboxylic acids is 1. The molecule has 7 heteroatoms. The van der Waals surface area contributed by atoms with Gasteiger partial charge in [0.1, 0.15) is 0 Å². The maximum absolute atomic E-state index is 12.6. The minimum Gasteiger partial charge on any atom is -0.493 e. The Hall–Kier alpha value is -2.67. The molecule has 0 bridgehead atoms. The summed E-state index contributed by atoms with van der Waals surface area (Å²) >= 11 is 0. The quantitative estimate of drug-likeness (QED) is 0.774. The fourth-order valence-corrected chi connectivity index (χ4v) is 3.37. The summed E-state index contributed by atoms with van der Waals surface area (Å²) in [5.41, 5.74) is 1.90. The van der Waals surface area contributed by atoms with E-state index in [1.807, 2.05) is 30.0 Å². The summed E-state index contributed by atoms with van der Waals surface area (Å²) < 4.78 is 21.7. The normalized spacial score (nSPS) is 14.9. The van der Waals surface area contributed by atoms with Gasteiger partial charge in [0.2, 0.25) is 5.75 Å². The van der Waals surface area contributed by atoms with Crippen molar-refractivity contribution in [3.05, 3.63) is 41.3 Å². The number of piperazine rings is 1. The molecule has 3 rings (SSSR count). The van der Waals surface area contributed by atoms with Crippen molar-refractivity contribution in [1.29, 1.82) is 0 Å². The number of benzene rings is 1. The molecule has 1 fully saturated rings. The average molecular weight is 374 g/mol. The molecule has 1 amide bonds. The molecule has 7 nitrogen and oxygen atoms in total. The molecule has 2 heterocycles. The molecular weight excluding hydrogens is 348 g/mol. The Bertz CT molecular complexity index is 794. The van der Waals surface area contributed by atoms with Gasteiger partial charge in [0.05, 0.1) is 27.6 Å². The zero-order valence-electron chi connectivity index (χ0n) is 16.3. The van der Waals surface area contributed by atoms with Crippen LogP contribution in [0.25, 0.3) is 0 Å². The van der Waals surface area contributed by atoms with Crippen molar-refractivity contribution in [2.75, 3.05) is 47.5 Å². The highest BCUT2D eigenvalue weighted by Crippen LogP contribution is 2.40. The lowest BCUT2D eigenvalue weighted by Crippen LogP contribution is -2.48. The average Bonchev–Trinajstić information content (AvgIpc) is 3.13. The summed E-state index contributed by atoms with van der Waals surface area (Å²) in [5, 5.41) is 0. The van der Waals surface area contributed by atoms with Crippen LogP contribution in [0.3, 0.4) is 0 Å². The smallest absolute Gasteiger partial charge is 0.289 e. The van der Waals surface area contributed by atoms with Crippen LogP contribution in [0.15, 0.2) is 28.9 Å². The van der Waals surface area contributed by atoms with E-state index in [0.29, 0.717) is 42.6 Å². The minimum atomic E-state index is -0.0409. The number of rotatable bonds is 6. The molecule has 1 saturated heterocycles. The molecule has 27 heavy (non-hydrogen) atoms. The topological polar surface area (TPSA) is 64.4 Å². The summed E-state index contributed by atoms with van der Waals surface area (Å²) in [4.78, 5) is 16.7. The summed E-state index contributed by atoms with van der Waals surface area (Å²) in [7, 11) is 4.84. The molecule has 1 aromatic carbocycles. The molecule has 0 N–H and O–H groups in total. The van der Waals surface area contributed by atoms with Gasteiger partial charge < -0.3 is 23.5 Å². The molecule has 1 aliphatic rings. The van der Waals surface area contributed by atoms with Crippen molar-refractivity contribution in [3.8, 4) is 17.2 Å². The lowest BCUT2D eigenvalue weighted by Gasteiger charge is -2.34. The van der Waals surface area contributed by atoms with Gasteiger partial charge in [0.15, 0.2) is 17.3 Å². The third-order valence-corrected chi connectivity index (χ3v) is 4.90. The van der Waals surface area contributed by atoms with Crippen molar-refractivity contribution in [3.63, 3.8) is 0 Å². The Balaban J connectivity index is 1.66. The number of nitrogens with zero attached hydrogens (tertiary/aromatic N) is 2. The first-order chi connectivity index (χ1) is 13.1. The highest BCUT2D eigenvalue weighted by atomic mass is 16.5. The Morgan fingerprint density at radius 2 is 1.70 bits per heavy atom. The van der Waals surface area contributed by atoms with Crippen LogP contribution in [0, 0.1) is 6.92 Å². The summed E-state index contributed by atoms with van der Waals surface area (Å²) in [6.07, 6.45) is 1.56. The number of furan rings is 1. The van der Waals surface area contributed by atoms with Crippen molar-refractivity contribution >= 4 is 5.91 Å². The molecule has 0 spiro atoms. The van der Waals surface area contributed by atoms with Crippen molar-refractivity contribution in [1.82, 2.24) is 9.80 Å². The molecule has 0 aliphatic carbocycles. The van der Waals surface area contributed by atoms with E-state index >= 15 is 0 Å². The second kappa shape index (κ2) is 8.35. The Labute approximate surface area is 159 Å². The van der Waals surface area contributed by atoms with Gasteiger partial charge >= 0.3 is 0 Å². The maximum atomic E-state index is 12.6. The van der Waals surface area contributed by atoms with Crippen LogP contribution < -0.4 is 14.2 Å². The van der Waals surface area contributed by atoms with Gasteiger partial charge in [-0.15, -0.1) is 0 Å². The molecule has 0 unspecified atom stereocenters. The first-order valence-corrected chi connectivity index (χ1v) is 8.92. The van der Waals surface area contributed by atoms with E-state index in [1.54, 1.807) is 27.6 Å². The van der Waals surface area contributed by atoms with Crippen LogP contribution in [-0.4, -0.2) is 63.2 Å². The Morgan fingerprint density at radius 3 is 2.26 bits per heavy atom. The first-order valence-electron chi connectivity index (χ1n) is 8.92. The number of hydrogen-bond acceptors (Lipinski definition) is 6. The second-order valence-electron chi connectivity index (χ2n) is 6.49. The zero-order valence-corrected chi connectivity index (χ0v) is 16.3. The van der Waals surface area contributed by atoms with Crippen molar-refractivity contribution in [2.45, 2.75) is 13.5 Å². The third-order valence-electron chi connectivity index (χ3n) is 4.90. The first kappa shape index (κ1) is 19.1. The predicted octanol–water partition coefficient (Wildman–Crippen LogP) is 2.57. The number of methoxy groups -OCH3 is 3. The number of carbonyl (C=O) groups is 1. The van der Waals surface area contributed by atoms with E-state index in [-0.39, 0.29) is 5.91 Å². The highest BCUT2D eigenvalue weighted by Gasteiger charge is 2.26. The van der Waals surface area contributed by atoms with Gasteiger partial charge in [-0.05, 0) is 19.1 Å². The molecule has 1 aliphatic heterocycles. The van der Waals surface area contributed by atoms with E-state index in [0.717, 1.165) is 24.2 Å². The molecule has 0 saturated carbocycles. The maximum Gasteiger partial charge on any atom is 0.289 e. The molecule has 1 aromatic heterocycles. The van der Waals surface area contributed by atoms with Crippen LogP contribution in [0.1, 0.15) is 21.7 Å². The summed E-state index contributed by atoms with van der Waals surface area (Å²) in [5.74, 6) is 2.31. The minimum absolute atomic E-state index is 0.0409.